The molecule has 3 nitrogen and oxygen atoms in total. The van der Waals surface area contributed by atoms with E-state index in [1.165, 1.54) is 6.07 Å². The minimum absolute atomic E-state index is 0.230. The van der Waals surface area contributed by atoms with Crippen LogP contribution >= 0.6 is 28.1 Å². The first-order valence-corrected chi connectivity index (χ1v) is 7.20. The molecule has 1 aromatic heterocycles. The number of benzene rings is 1. The fourth-order valence-corrected chi connectivity index (χ4v) is 2.22. The molecule has 6 heteroatoms. The van der Waals surface area contributed by atoms with E-state index in [0.717, 1.165) is 4.47 Å². The summed E-state index contributed by atoms with van der Waals surface area (Å²) in [6, 6.07) is 10.0. The normalized spacial score (nSPS) is 11.8. The number of hydrogen-bond acceptors (Lipinski definition) is 2. The Morgan fingerprint density at radius 2 is 2.05 bits per heavy atom. The van der Waals surface area contributed by atoms with E-state index in [2.05, 4.69) is 31.5 Å². The summed E-state index contributed by atoms with van der Waals surface area (Å²) in [4.78, 5) is 4.16. The Bertz CT molecular complexity index is 604. The molecule has 0 amide bonds. The second-order valence-corrected chi connectivity index (χ2v) is 5.53. The van der Waals surface area contributed by atoms with Gasteiger partial charge in [-0.25, -0.2) is 9.37 Å². The fourth-order valence-electron chi connectivity index (χ4n) is 1.70. The molecule has 0 radical (unpaired) electrons. The van der Waals surface area contributed by atoms with Crippen molar-refractivity contribution in [2.24, 2.45) is 0 Å². The van der Waals surface area contributed by atoms with E-state index in [0.29, 0.717) is 16.5 Å². The van der Waals surface area contributed by atoms with Crippen LogP contribution in [0.15, 0.2) is 47.1 Å². The van der Waals surface area contributed by atoms with Crippen LogP contribution in [0.3, 0.4) is 0 Å². The fraction of sp³-hybridized carbons (Fsp3) is 0.143. The van der Waals surface area contributed by atoms with E-state index < -0.39 is 0 Å². The molecule has 20 heavy (non-hydrogen) atoms. The van der Waals surface area contributed by atoms with Gasteiger partial charge >= 0.3 is 0 Å². The summed E-state index contributed by atoms with van der Waals surface area (Å²) >= 11 is 8.50. The Morgan fingerprint density at radius 3 is 2.70 bits per heavy atom. The summed E-state index contributed by atoms with van der Waals surface area (Å²) in [7, 11) is 0. The van der Waals surface area contributed by atoms with Crippen LogP contribution in [-0.4, -0.2) is 10.1 Å². The van der Waals surface area contributed by atoms with Crippen molar-refractivity contribution in [2.75, 3.05) is 5.32 Å². The smallest absolute Gasteiger partial charge is 0.172 e. The SMILES string of the molecule is CC(NC(=S)Nc1ccc(Br)cn1)c1ccccc1F. The highest BCUT2D eigenvalue weighted by Crippen LogP contribution is 2.16. The van der Waals surface area contributed by atoms with E-state index in [1.807, 2.05) is 13.0 Å². The molecule has 1 unspecified atom stereocenters. The molecule has 1 atom stereocenters. The third kappa shape index (κ3) is 3.98. The Balaban J connectivity index is 1.98. The number of aromatic nitrogens is 1. The summed E-state index contributed by atoms with van der Waals surface area (Å²) in [6.45, 7) is 1.85. The second kappa shape index (κ2) is 6.76. The number of nitrogens with one attached hydrogen (secondary N) is 2. The van der Waals surface area contributed by atoms with Gasteiger partial charge in [-0.1, -0.05) is 18.2 Å². The number of hydrogen-bond donors (Lipinski definition) is 2. The maximum atomic E-state index is 13.6. The van der Waals surface area contributed by atoms with Crippen LogP contribution < -0.4 is 10.6 Å². The average Bonchev–Trinajstić information content (AvgIpc) is 2.41. The van der Waals surface area contributed by atoms with Gasteiger partial charge in [-0.15, -0.1) is 0 Å². The molecule has 104 valence electrons. The first-order chi connectivity index (χ1) is 9.56. The van der Waals surface area contributed by atoms with Gasteiger partial charge < -0.3 is 10.6 Å². The maximum Gasteiger partial charge on any atom is 0.172 e. The summed E-state index contributed by atoms with van der Waals surface area (Å²) < 4.78 is 14.5. The van der Waals surface area contributed by atoms with Gasteiger partial charge in [-0.3, -0.25) is 0 Å². The lowest BCUT2D eigenvalue weighted by Crippen LogP contribution is -2.31. The summed E-state index contributed by atoms with van der Waals surface area (Å²) in [5.74, 6) is 0.378. The van der Waals surface area contributed by atoms with E-state index in [9.17, 15) is 4.39 Å². The molecule has 0 saturated heterocycles. The Labute approximate surface area is 130 Å². The molecule has 0 fully saturated rings. The quantitative estimate of drug-likeness (QED) is 0.816. The van der Waals surface area contributed by atoms with Crippen molar-refractivity contribution < 1.29 is 4.39 Å². The van der Waals surface area contributed by atoms with Crippen molar-refractivity contribution in [1.82, 2.24) is 10.3 Å². The standard InChI is InChI=1S/C14H13BrFN3S/c1-9(11-4-2-3-5-12(11)16)18-14(20)19-13-7-6-10(15)8-17-13/h2-9H,1H3,(H2,17,18,19,20). The molecule has 0 aliphatic rings. The number of halogens is 2. The highest BCUT2D eigenvalue weighted by Gasteiger charge is 2.11. The Hall–Kier alpha value is -1.53. The zero-order valence-corrected chi connectivity index (χ0v) is 13.1. The minimum atomic E-state index is -0.253. The van der Waals surface area contributed by atoms with Crippen LogP contribution in [0.25, 0.3) is 0 Å². The van der Waals surface area contributed by atoms with Crippen LogP contribution in [0.1, 0.15) is 18.5 Å². The van der Waals surface area contributed by atoms with Crippen LogP contribution in [0.5, 0.6) is 0 Å². The molecule has 2 N–H and O–H groups in total. The molecule has 0 aliphatic carbocycles. The van der Waals surface area contributed by atoms with Gasteiger partial charge in [0.25, 0.3) is 0 Å². The van der Waals surface area contributed by atoms with Gasteiger partial charge in [0.1, 0.15) is 11.6 Å². The monoisotopic (exact) mass is 353 g/mol. The number of nitrogens with zero attached hydrogens (tertiary/aromatic N) is 1. The zero-order chi connectivity index (χ0) is 14.5. The van der Waals surface area contributed by atoms with Crippen molar-refractivity contribution in [3.8, 4) is 0 Å². The number of rotatable bonds is 3. The van der Waals surface area contributed by atoms with Crippen molar-refractivity contribution in [2.45, 2.75) is 13.0 Å². The van der Waals surface area contributed by atoms with Crippen LogP contribution in [-0.2, 0) is 0 Å². The van der Waals surface area contributed by atoms with Crippen LogP contribution in [0.4, 0.5) is 10.2 Å². The Morgan fingerprint density at radius 1 is 1.30 bits per heavy atom. The molecule has 1 heterocycles. The molecule has 0 spiro atoms. The number of anilines is 1. The van der Waals surface area contributed by atoms with Crippen molar-refractivity contribution in [1.29, 1.82) is 0 Å². The lowest BCUT2D eigenvalue weighted by Gasteiger charge is -2.17. The van der Waals surface area contributed by atoms with E-state index >= 15 is 0 Å². The van der Waals surface area contributed by atoms with E-state index in [4.69, 9.17) is 12.2 Å². The van der Waals surface area contributed by atoms with Crippen LogP contribution in [0.2, 0.25) is 0 Å². The molecular formula is C14H13BrFN3S. The first kappa shape index (κ1) is 14.9. The van der Waals surface area contributed by atoms with Crippen molar-refractivity contribution in [3.05, 3.63) is 58.4 Å². The molecule has 1 aromatic carbocycles. The molecular weight excluding hydrogens is 341 g/mol. The number of thiocarbonyl (C=S) groups is 1. The van der Waals surface area contributed by atoms with Gasteiger partial charge in [-0.05, 0) is 53.3 Å². The molecule has 2 rings (SSSR count). The first-order valence-electron chi connectivity index (χ1n) is 6.00. The zero-order valence-electron chi connectivity index (χ0n) is 10.7. The van der Waals surface area contributed by atoms with Crippen molar-refractivity contribution >= 4 is 39.1 Å². The summed E-state index contributed by atoms with van der Waals surface area (Å²) in [6.07, 6.45) is 1.67. The van der Waals surface area contributed by atoms with Crippen molar-refractivity contribution in [3.63, 3.8) is 0 Å². The largest absolute Gasteiger partial charge is 0.356 e. The summed E-state index contributed by atoms with van der Waals surface area (Å²) in [5.41, 5.74) is 0.570. The highest BCUT2D eigenvalue weighted by atomic mass is 79.9. The molecule has 0 aliphatic heterocycles. The Kier molecular flexibility index (Phi) is 5.03. The van der Waals surface area contributed by atoms with Gasteiger partial charge in [0.15, 0.2) is 5.11 Å². The molecule has 0 bridgehead atoms. The second-order valence-electron chi connectivity index (χ2n) is 4.20. The predicted octanol–water partition coefficient (Wildman–Crippen LogP) is 4.03. The average molecular weight is 354 g/mol. The predicted molar refractivity (Wildman–Crippen MR) is 86.1 cm³/mol. The third-order valence-electron chi connectivity index (χ3n) is 2.69. The lowest BCUT2D eigenvalue weighted by atomic mass is 10.1. The molecule has 0 saturated carbocycles. The maximum absolute atomic E-state index is 13.6. The van der Waals surface area contributed by atoms with Crippen LogP contribution in [0, 0.1) is 5.82 Å². The lowest BCUT2D eigenvalue weighted by molar-refractivity contribution is 0.580. The topological polar surface area (TPSA) is 37.0 Å². The summed E-state index contributed by atoms with van der Waals surface area (Å²) in [5, 5.41) is 6.38. The minimum Gasteiger partial charge on any atom is -0.356 e. The third-order valence-corrected chi connectivity index (χ3v) is 3.38. The van der Waals surface area contributed by atoms with E-state index in [-0.39, 0.29) is 11.9 Å². The van der Waals surface area contributed by atoms with Gasteiger partial charge in [-0.2, -0.15) is 0 Å². The highest BCUT2D eigenvalue weighted by molar-refractivity contribution is 9.10. The number of pyridine rings is 1. The van der Waals surface area contributed by atoms with E-state index in [1.54, 1.807) is 30.5 Å². The molecule has 2 aromatic rings. The van der Waals surface area contributed by atoms with Gasteiger partial charge in [0, 0.05) is 16.2 Å². The van der Waals surface area contributed by atoms with Gasteiger partial charge in [0.2, 0.25) is 0 Å². The van der Waals surface area contributed by atoms with Gasteiger partial charge in [0.05, 0.1) is 6.04 Å².